The number of halogens is 1. The molecular formula is C15H12ClNO4. The largest absolute Gasteiger partial charge is 0.419 e. The van der Waals surface area contributed by atoms with E-state index < -0.39 is 10.9 Å². The molecule has 0 saturated heterocycles. The van der Waals surface area contributed by atoms with E-state index in [9.17, 15) is 14.9 Å². The summed E-state index contributed by atoms with van der Waals surface area (Å²) in [7, 11) is 0. The van der Waals surface area contributed by atoms with Crippen LogP contribution in [0.3, 0.4) is 0 Å². The third kappa shape index (κ3) is 4.29. The molecule has 0 spiro atoms. The Labute approximate surface area is 126 Å². The number of carbonyl (C=O) groups excluding carboxylic acids is 1. The zero-order chi connectivity index (χ0) is 15.2. The first-order valence-corrected chi connectivity index (χ1v) is 6.62. The van der Waals surface area contributed by atoms with Crippen molar-refractivity contribution in [2.24, 2.45) is 0 Å². The van der Waals surface area contributed by atoms with Crippen molar-refractivity contribution in [3.8, 4) is 5.75 Å². The summed E-state index contributed by atoms with van der Waals surface area (Å²) >= 11 is 5.69. The van der Waals surface area contributed by atoms with E-state index in [1.54, 1.807) is 0 Å². The Morgan fingerprint density at radius 1 is 1.19 bits per heavy atom. The number of hydrogen-bond acceptors (Lipinski definition) is 4. The van der Waals surface area contributed by atoms with Crippen LogP contribution in [0.2, 0.25) is 5.02 Å². The van der Waals surface area contributed by atoms with Gasteiger partial charge in [-0.2, -0.15) is 0 Å². The van der Waals surface area contributed by atoms with E-state index in [2.05, 4.69) is 0 Å². The summed E-state index contributed by atoms with van der Waals surface area (Å²) in [6.45, 7) is 0. The third-order valence-electron chi connectivity index (χ3n) is 2.80. The molecule has 0 aromatic heterocycles. The second-order valence-corrected chi connectivity index (χ2v) is 4.77. The summed E-state index contributed by atoms with van der Waals surface area (Å²) in [4.78, 5) is 22.0. The molecule has 0 fully saturated rings. The molecule has 0 unspecified atom stereocenters. The summed E-state index contributed by atoms with van der Waals surface area (Å²) in [6, 6.07) is 13.4. The van der Waals surface area contributed by atoms with Crippen molar-refractivity contribution in [3.63, 3.8) is 0 Å². The van der Waals surface area contributed by atoms with Gasteiger partial charge in [0.05, 0.1) is 4.92 Å². The van der Waals surface area contributed by atoms with Crippen molar-refractivity contribution >= 4 is 23.3 Å². The van der Waals surface area contributed by atoms with Crippen LogP contribution < -0.4 is 4.74 Å². The lowest BCUT2D eigenvalue weighted by Crippen LogP contribution is -2.10. The molecule has 21 heavy (non-hydrogen) atoms. The van der Waals surface area contributed by atoms with E-state index >= 15 is 0 Å². The highest BCUT2D eigenvalue weighted by atomic mass is 35.5. The maximum atomic E-state index is 11.8. The van der Waals surface area contributed by atoms with E-state index in [1.807, 2.05) is 30.3 Å². The molecule has 0 aliphatic rings. The number of rotatable bonds is 5. The minimum atomic E-state index is -0.633. The Bertz CT molecular complexity index is 658. The fraction of sp³-hybridized carbons (Fsp3) is 0.133. The van der Waals surface area contributed by atoms with Gasteiger partial charge in [-0.1, -0.05) is 41.9 Å². The second-order valence-electron chi connectivity index (χ2n) is 4.33. The van der Waals surface area contributed by atoms with Gasteiger partial charge in [-0.15, -0.1) is 0 Å². The van der Waals surface area contributed by atoms with Crippen LogP contribution in [0.4, 0.5) is 5.69 Å². The van der Waals surface area contributed by atoms with Crippen molar-refractivity contribution in [2.75, 3.05) is 0 Å². The van der Waals surface area contributed by atoms with Crippen LogP contribution in [0.15, 0.2) is 48.5 Å². The number of aryl methyl sites for hydroxylation is 1. The molecule has 0 bridgehead atoms. The first-order valence-electron chi connectivity index (χ1n) is 6.25. The summed E-state index contributed by atoms with van der Waals surface area (Å²) in [5.74, 6) is -0.619. The number of hydrogen-bond donors (Lipinski definition) is 0. The van der Waals surface area contributed by atoms with Gasteiger partial charge in [-0.3, -0.25) is 14.9 Å². The fourth-order valence-corrected chi connectivity index (χ4v) is 1.95. The topological polar surface area (TPSA) is 69.4 Å². The smallest absolute Gasteiger partial charge is 0.313 e. The lowest BCUT2D eigenvalue weighted by atomic mass is 10.1. The van der Waals surface area contributed by atoms with Crippen LogP contribution in [0.25, 0.3) is 0 Å². The predicted octanol–water partition coefficient (Wildman–Crippen LogP) is 3.79. The maximum Gasteiger partial charge on any atom is 0.313 e. The number of nitro groups is 1. The molecular weight excluding hydrogens is 294 g/mol. The lowest BCUT2D eigenvalue weighted by Gasteiger charge is -2.05. The first-order chi connectivity index (χ1) is 10.1. The molecule has 0 aliphatic carbocycles. The molecule has 0 saturated carbocycles. The molecule has 0 heterocycles. The number of carbonyl (C=O) groups is 1. The van der Waals surface area contributed by atoms with E-state index in [0.29, 0.717) is 6.42 Å². The summed E-state index contributed by atoms with van der Waals surface area (Å²) in [5, 5.41) is 11.1. The molecule has 5 nitrogen and oxygen atoms in total. The highest BCUT2D eigenvalue weighted by Crippen LogP contribution is 2.30. The van der Waals surface area contributed by atoms with Crippen LogP contribution >= 0.6 is 11.6 Å². The summed E-state index contributed by atoms with van der Waals surface area (Å²) in [5.41, 5.74) is 0.676. The highest BCUT2D eigenvalue weighted by Gasteiger charge is 2.18. The normalized spacial score (nSPS) is 10.1. The Morgan fingerprint density at radius 2 is 1.90 bits per heavy atom. The SMILES string of the molecule is O=C(CCc1ccccc1)Oc1ccc(Cl)cc1[N+](=O)[O-]. The zero-order valence-corrected chi connectivity index (χ0v) is 11.7. The van der Waals surface area contributed by atoms with E-state index in [4.69, 9.17) is 16.3 Å². The van der Waals surface area contributed by atoms with Gasteiger partial charge in [0, 0.05) is 17.5 Å². The molecule has 2 aromatic rings. The molecule has 0 amide bonds. The molecule has 2 aromatic carbocycles. The minimum absolute atomic E-state index is 0.0949. The highest BCUT2D eigenvalue weighted by molar-refractivity contribution is 6.30. The standard InChI is InChI=1S/C15H12ClNO4/c16-12-7-8-14(13(10-12)17(19)20)21-15(18)9-6-11-4-2-1-3-5-11/h1-5,7-8,10H,6,9H2. The molecule has 0 radical (unpaired) electrons. The van der Waals surface area contributed by atoms with Gasteiger partial charge in [0.2, 0.25) is 5.75 Å². The van der Waals surface area contributed by atoms with E-state index in [1.165, 1.54) is 12.1 Å². The number of benzene rings is 2. The number of nitro benzene ring substituents is 1. The molecule has 2 rings (SSSR count). The van der Waals surface area contributed by atoms with E-state index in [-0.39, 0.29) is 22.9 Å². The van der Waals surface area contributed by atoms with Gasteiger partial charge in [0.1, 0.15) is 0 Å². The average Bonchev–Trinajstić information content (AvgIpc) is 2.48. The predicted molar refractivity (Wildman–Crippen MR) is 78.5 cm³/mol. The van der Waals surface area contributed by atoms with Gasteiger partial charge in [-0.05, 0) is 24.1 Å². The Hall–Kier alpha value is -2.40. The van der Waals surface area contributed by atoms with Crippen molar-refractivity contribution in [2.45, 2.75) is 12.8 Å². The van der Waals surface area contributed by atoms with Gasteiger partial charge in [-0.25, -0.2) is 0 Å². The monoisotopic (exact) mass is 305 g/mol. The Morgan fingerprint density at radius 3 is 2.57 bits per heavy atom. The Kier molecular flexibility index (Phi) is 4.90. The van der Waals surface area contributed by atoms with Crippen molar-refractivity contribution < 1.29 is 14.5 Å². The average molecular weight is 306 g/mol. The molecule has 6 heteroatoms. The quantitative estimate of drug-likeness (QED) is 0.365. The van der Waals surface area contributed by atoms with Crippen LogP contribution in [0.1, 0.15) is 12.0 Å². The summed E-state index contributed by atoms with van der Waals surface area (Å²) in [6.07, 6.45) is 0.658. The van der Waals surface area contributed by atoms with Crippen LogP contribution in [-0.4, -0.2) is 10.9 Å². The molecule has 0 atom stereocenters. The second kappa shape index (κ2) is 6.85. The number of nitrogens with zero attached hydrogens (tertiary/aromatic N) is 1. The molecule has 108 valence electrons. The lowest BCUT2D eigenvalue weighted by molar-refractivity contribution is -0.385. The zero-order valence-electron chi connectivity index (χ0n) is 11.0. The first kappa shape index (κ1) is 15.0. The third-order valence-corrected chi connectivity index (χ3v) is 3.04. The van der Waals surface area contributed by atoms with E-state index in [0.717, 1.165) is 11.6 Å². The number of esters is 1. The fourth-order valence-electron chi connectivity index (χ4n) is 1.78. The van der Waals surface area contributed by atoms with Gasteiger partial charge < -0.3 is 4.74 Å². The van der Waals surface area contributed by atoms with Crippen molar-refractivity contribution in [1.82, 2.24) is 0 Å². The molecule has 0 N–H and O–H groups in total. The minimum Gasteiger partial charge on any atom is -0.419 e. The van der Waals surface area contributed by atoms with Gasteiger partial charge in [0.15, 0.2) is 0 Å². The van der Waals surface area contributed by atoms with Crippen LogP contribution in [-0.2, 0) is 11.2 Å². The molecule has 0 aliphatic heterocycles. The van der Waals surface area contributed by atoms with Crippen LogP contribution in [0.5, 0.6) is 5.75 Å². The van der Waals surface area contributed by atoms with Crippen molar-refractivity contribution in [1.29, 1.82) is 0 Å². The number of ether oxygens (including phenoxy) is 1. The maximum absolute atomic E-state index is 11.8. The summed E-state index contributed by atoms with van der Waals surface area (Å²) < 4.78 is 5.04. The Balaban J connectivity index is 2.01. The van der Waals surface area contributed by atoms with Crippen molar-refractivity contribution in [3.05, 3.63) is 69.2 Å². The van der Waals surface area contributed by atoms with Gasteiger partial charge >= 0.3 is 11.7 Å². The van der Waals surface area contributed by atoms with Crippen LogP contribution in [0, 0.1) is 10.1 Å². The van der Waals surface area contributed by atoms with Gasteiger partial charge in [0.25, 0.3) is 0 Å².